The van der Waals surface area contributed by atoms with Crippen molar-refractivity contribution in [1.82, 2.24) is 4.90 Å². The average molecular weight is 320 g/mol. The Morgan fingerprint density at radius 3 is 2.60 bits per heavy atom. The Hall–Kier alpha value is -1.33. The minimum atomic E-state index is -1.07. The molecular formula is C13H12Cl2FNO3. The van der Waals surface area contributed by atoms with Crippen LogP contribution in [0, 0.1) is 5.82 Å². The Morgan fingerprint density at radius 2 is 1.95 bits per heavy atom. The molecule has 1 fully saturated rings. The molecule has 0 aliphatic carbocycles. The van der Waals surface area contributed by atoms with Gasteiger partial charge in [0.2, 0.25) is 0 Å². The van der Waals surface area contributed by atoms with E-state index in [0.29, 0.717) is 19.4 Å². The zero-order chi connectivity index (χ0) is 14.9. The van der Waals surface area contributed by atoms with Gasteiger partial charge in [0.05, 0.1) is 15.6 Å². The number of halogens is 3. The minimum absolute atomic E-state index is 0.0103. The molecule has 1 heterocycles. The Kier molecular flexibility index (Phi) is 4.50. The lowest BCUT2D eigenvalue weighted by molar-refractivity contribution is -0.143. The Labute approximate surface area is 125 Å². The van der Waals surface area contributed by atoms with Crippen molar-refractivity contribution in [2.75, 3.05) is 6.54 Å². The maximum Gasteiger partial charge on any atom is 0.326 e. The number of aliphatic carboxylic acids is 1. The summed E-state index contributed by atoms with van der Waals surface area (Å²) in [6.07, 6.45) is 1.83. The highest BCUT2D eigenvalue weighted by molar-refractivity contribution is 6.36. The van der Waals surface area contributed by atoms with Gasteiger partial charge in [-0.1, -0.05) is 23.2 Å². The van der Waals surface area contributed by atoms with Crippen LogP contribution in [-0.4, -0.2) is 34.5 Å². The molecule has 1 aromatic carbocycles. The monoisotopic (exact) mass is 319 g/mol. The van der Waals surface area contributed by atoms with E-state index in [2.05, 4.69) is 0 Å². The molecule has 0 saturated carbocycles. The highest BCUT2D eigenvalue weighted by Crippen LogP contribution is 2.27. The van der Waals surface area contributed by atoms with Crippen molar-refractivity contribution in [1.29, 1.82) is 0 Å². The molecular weight excluding hydrogens is 308 g/mol. The third-order valence-electron chi connectivity index (χ3n) is 3.29. The number of benzene rings is 1. The van der Waals surface area contributed by atoms with Gasteiger partial charge in [-0.3, -0.25) is 4.79 Å². The molecule has 0 spiro atoms. The third-order valence-corrected chi connectivity index (χ3v) is 3.89. The smallest absolute Gasteiger partial charge is 0.326 e. The molecule has 0 radical (unpaired) electrons. The van der Waals surface area contributed by atoms with Gasteiger partial charge < -0.3 is 10.0 Å². The van der Waals surface area contributed by atoms with Gasteiger partial charge in [-0.25, -0.2) is 9.18 Å². The van der Waals surface area contributed by atoms with Crippen molar-refractivity contribution in [3.8, 4) is 0 Å². The lowest BCUT2D eigenvalue weighted by Gasteiger charge is -2.33. The first kappa shape index (κ1) is 15.1. The van der Waals surface area contributed by atoms with E-state index >= 15 is 0 Å². The first-order chi connectivity index (χ1) is 9.41. The number of carboxylic acids is 1. The SMILES string of the molecule is O=C(O)C1CCCCN1C(=O)c1cc(F)c(Cl)cc1Cl. The molecule has 20 heavy (non-hydrogen) atoms. The van der Waals surface area contributed by atoms with Crippen LogP contribution in [0.3, 0.4) is 0 Å². The normalized spacial score (nSPS) is 18.9. The topological polar surface area (TPSA) is 57.6 Å². The molecule has 1 N–H and O–H groups in total. The van der Waals surface area contributed by atoms with Crippen LogP contribution < -0.4 is 0 Å². The molecule has 2 rings (SSSR count). The van der Waals surface area contributed by atoms with Crippen LogP contribution >= 0.6 is 23.2 Å². The highest BCUT2D eigenvalue weighted by Gasteiger charge is 2.33. The lowest BCUT2D eigenvalue weighted by Crippen LogP contribution is -2.48. The summed E-state index contributed by atoms with van der Waals surface area (Å²) in [5.74, 6) is -2.41. The van der Waals surface area contributed by atoms with E-state index in [1.54, 1.807) is 0 Å². The Bertz CT molecular complexity index is 565. The van der Waals surface area contributed by atoms with Crippen LogP contribution in [0.4, 0.5) is 4.39 Å². The predicted octanol–water partition coefficient (Wildman–Crippen LogP) is 3.21. The van der Waals surface area contributed by atoms with Gasteiger partial charge in [-0.15, -0.1) is 0 Å². The molecule has 1 aromatic rings. The molecule has 1 saturated heterocycles. The molecule has 4 nitrogen and oxygen atoms in total. The fourth-order valence-corrected chi connectivity index (χ4v) is 2.74. The number of rotatable bonds is 2. The number of carboxylic acid groups (broad SMARTS) is 1. The molecule has 1 aliphatic rings. The standard InChI is InChI=1S/C13H12Cl2FNO3/c14-8-6-9(15)10(16)5-7(8)12(18)17-4-2-1-3-11(17)13(19)20/h5-6,11H,1-4H2,(H,19,20). The molecule has 1 aliphatic heterocycles. The zero-order valence-electron chi connectivity index (χ0n) is 10.4. The second-order valence-electron chi connectivity index (χ2n) is 4.59. The van der Waals surface area contributed by atoms with Gasteiger partial charge >= 0.3 is 5.97 Å². The number of amides is 1. The summed E-state index contributed by atoms with van der Waals surface area (Å²) in [6.45, 7) is 0.316. The molecule has 1 amide bonds. The summed E-state index contributed by atoms with van der Waals surface area (Å²) in [4.78, 5) is 24.8. The lowest BCUT2D eigenvalue weighted by atomic mass is 10.0. The van der Waals surface area contributed by atoms with Crippen LogP contribution in [0.2, 0.25) is 10.0 Å². The zero-order valence-corrected chi connectivity index (χ0v) is 11.9. The van der Waals surface area contributed by atoms with E-state index in [1.807, 2.05) is 0 Å². The first-order valence-electron chi connectivity index (χ1n) is 6.10. The minimum Gasteiger partial charge on any atom is -0.480 e. The maximum absolute atomic E-state index is 13.5. The van der Waals surface area contributed by atoms with Crippen molar-refractivity contribution < 1.29 is 19.1 Å². The number of carbonyl (C=O) groups is 2. The molecule has 0 aromatic heterocycles. The van der Waals surface area contributed by atoms with Gasteiger partial charge in [0.15, 0.2) is 0 Å². The van der Waals surface area contributed by atoms with Crippen molar-refractivity contribution in [2.45, 2.75) is 25.3 Å². The van der Waals surface area contributed by atoms with Gasteiger partial charge in [0, 0.05) is 6.54 Å². The molecule has 1 atom stereocenters. The highest BCUT2D eigenvalue weighted by atomic mass is 35.5. The van der Waals surface area contributed by atoms with Crippen LogP contribution in [0.5, 0.6) is 0 Å². The van der Waals surface area contributed by atoms with E-state index in [0.717, 1.165) is 18.6 Å². The predicted molar refractivity (Wildman–Crippen MR) is 72.7 cm³/mol. The van der Waals surface area contributed by atoms with Gasteiger partial charge in [-0.05, 0) is 31.4 Å². The number of likely N-dealkylation sites (tertiary alicyclic amines) is 1. The van der Waals surface area contributed by atoms with Crippen molar-refractivity contribution in [3.05, 3.63) is 33.6 Å². The second kappa shape index (κ2) is 5.97. The van der Waals surface area contributed by atoms with Crippen molar-refractivity contribution in [3.63, 3.8) is 0 Å². The van der Waals surface area contributed by atoms with Crippen LogP contribution in [0.15, 0.2) is 12.1 Å². The van der Waals surface area contributed by atoms with E-state index in [4.69, 9.17) is 28.3 Å². The van der Waals surface area contributed by atoms with E-state index in [-0.39, 0.29) is 15.6 Å². The third kappa shape index (κ3) is 2.88. The number of nitrogens with zero attached hydrogens (tertiary/aromatic N) is 1. The molecule has 0 bridgehead atoms. The molecule has 108 valence electrons. The number of hydrogen-bond acceptors (Lipinski definition) is 2. The summed E-state index contributed by atoms with van der Waals surface area (Å²) >= 11 is 11.5. The summed E-state index contributed by atoms with van der Waals surface area (Å²) < 4.78 is 13.5. The fraction of sp³-hybridized carbons (Fsp3) is 0.385. The number of carbonyl (C=O) groups excluding carboxylic acids is 1. The van der Waals surface area contributed by atoms with E-state index < -0.39 is 23.7 Å². The number of hydrogen-bond donors (Lipinski definition) is 1. The second-order valence-corrected chi connectivity index (χ2v) is 5.41. The molecule has 1 unspecified atom stereocenters. The van der Waals surface area contributed by atoms with Crippen molar-refractivity contribution >= 4 is 35.1 Å². The quantitative estimate of drug-likeness (QED) is 0.851. The first-order valence-corrected chi connectivity index (χ1v) is 6.85. The largest absolute Gasteiger partial charge is 0.480 e. The Morgan fingerprint density at radius 1 is 1.25 bits per heavy atom. The molecule has 7 heteroatoms. The average Bonchev–Trinajstić information content (AvgIpc) is 2.42. The summed E-state index contributed by atoms with van der Waals surface area (Å²) in [7, 11) is 0. The van der Waals surface area contributed by atoms with Gasteiger partial charge in [-0.2, -0.15) is 0 Å². The summed E-state index contributed by atoms with van der Waals surface area (Å²) in [5.41, 5.74) is -0.0679. The Balaban J connectivity index is 2.34. The van der Waals surface area contributed by atoms with E-state index in [9.17, 15) is 14.0 Å². The summed E-state index contributed by atoms with van der Waals surface area (Å²) in [5, 5.41) is 8.98. The van der Waals surface area contributed by atoms with Crippen LogP contribution in [0.1, 0.15) is 29.6 Å². The van der Waals surface area contributed by atoms with E-state index in [1.165, 1.54) is 4.90 Å². The maximum atomic E-state index is 13.5. The fourth-order valence-electron chi connectivity index (χ4n) is 2.27. The van der Waals surface area contributed by atoms with Gasteiger partial charge in [0.1, 0.15) is 11.9 Å². The summed E-state index contributed by atoms with van der Waals surface area (Å²) in [6, 6.07) is 1.19. The van der Waals surface area contributed by atoms with Crippen LogP contribution in [-0.2, 0) is 4.79 Å². The van der Waals surface area contributed by atoms with Crippen LogP contribution in [0.25, 0.3) is 0 Å². The number of piperidine rings is 1. The van der Waals surface area contributed by atoms with Gasteiger partial charge in [0.25, 0.3) is 5.91 Å². The van der Waals surface area contributed by atoms with Crippen molar-refractivity contribution in [2.24, 2.45) is 0 Å².